The Morgan fingerprint density at radius 1 is 1.14 bits per heavy atom. The maximum atomic E-state index is 11.9. The molecule has 1 saturated heterocycles. The molecule has 2 amide bonds. The van der Waals surface area contributed by atoms with Gasteiger partial charge in [-0.2, -0.15) is 0 Å². The van der Waals surface area contributed by atoms with Crippen LogP contribution >= 0.6 is 34.8 Å². The highest BCUT2D eigenvalue weighted by Crippen LogP contribution is 2.28. The minimum absolute atomic E-state index is 0.132. The summed E-state index contributed by atoms with van der Waals surface area (Å²) in [5.41, 5.74) is 2.18. The SMILES string of the molecule is CN(C(=O)CCl)c1cc(CN2CCOCC2)ccc1NC(=O)CCl.O=C(O)CCl. The summed E-state index contributed by atoms with van der Waals surface area (Å²) in [7, 11) is 1.63. The van der Waals surface area contributed by atoms with Gasteiger partial charge in [0.2, 0.25) is 11.8 Å². The summed E-state index contributed by atoms with van der Waals surface area (Å²) < 4.78 is 5.35. The number of anilines is 2. The van der Waals surface area contributed by atoms with Crippen LogP contribution in [0, 0.1) is 0 Å². The number of rotatable bonds is 7. The van der Waals surface area contributed by atoms with E-state index in [9.17, 15) is 14.4 Å². The monoisotopic (exact) mass is 467 g/mol. The number of nitrogens with zero attached hydrogens (tertiary/aromatic N) is 2. The zero-order chi connectivity index (χ0) is 21.8. The Morgan fingerprint density at radius 2 is 1.76 bits per heavy atom. The normalized spacial score (nSPS) is 13.8. The van der Waals surface area contributed by atoms with Crippen molar-refractivity contribution in [2.24, 2.45) is 0 Å². The first-order valence-corrected chi connectivity index (χ1v) is 10.3. The van der Waals surface area contributed by atoms with Crippen molar-refractivity contribution in [2.75, 3.05) is 61.2 Å². The van der Waals surface area contributed by atoms with Crippen LogP contribution in [0.5, 0.6) is 0 Å². The number of nitrogens with one attached hydrogen (secondary N) is 1. The average molecular weight is 469 g/mol. The Morgan fingerprint density at radius 3 is 2.28 bits per heavy atom. The largest absolute Gasteiger partial charge is 0.480 e. The maximum Gasteiger partial charge on any atom is 0.318 e. The Kier molecular flexibility index (Phi) is 11.9. The molecule has 0 saturated carbocycles. The third kappa shape index (κ3) is 9.18. The Bertz CT molecular complexity index is 699. The minimum atomic E-state index is -0.980. The number of hydrogen-bond acceptors (Lipinski definition) is 5. The summed E-state index contributed by atoms with van der Waals surface area (Å²) in [4.78, 5) is 36.5. The fourth-order valence-corrected chi connectivity index (χ4v) is 2.73. The molecule has 1 fully saturated rings. The molecule has 1 aliphatic rings. The van der Waals surface area contributed by atoms with Crippen LogP contribution in [0.1, 0.15) is 5.56 Å². The Labute approximate surface area is 184 Å². The number of alkyl halides is 3. The molecule has 2 rings (SSSR count). The number of carboxylic acid groups (broad SMARTS) is 1. The fourth-order valence-electron chi connectivity index (χ4n) is 2.48. The predicted octanol–water partition coefficient (Wildman–Crippen LogP) is 2.21. The number of amides is 2. The summed E-state index contributed by atoms with van der Waals surface area (Å²) in [6, 6.07) is 5.61. The van der Waals surface area contributed by atoms with E-state index in [0.717, 1.165) is 38.4 Å². The molecular formula is C18H24Cl3N3O5. The summed E-state index contributed by atoms with van der Waals surface area (Å²) in [5, 5.41) is 10.3. The molecule has 0 atom stereocenters. The maximum absolute atomic E-state index is 11.9. The summed E-state index contributed by atoms with van der Waals surface area (Å²) in [6.45, 7) is 3.94. The molecule has 0 aliphatic carbocycles. The summed E-state index contributed by atoms with van der Waals surface area (Å²) >= 11 is 15.9. The quantitative estimate of drug-likeness (QED) is 0.595. The molecule has 1 aromatic rings. The molecule has 8 nitrogen and oxygen atoms in total. The number of hydrogen-bond donors (Lipinski definition) is 2. The lowest BCUT2D eigenvalue weighted by molar-refractivity contribution is -0.134. The van der Waals surface area contributed by atoms with Crippen molar-refractivity contribution in [3.63, 3.8) is 0 Å². The molecule has 11 heteroatoms. The lowest BCUT2D eigenvalue weighted by Crippen LogP contribution is -2.35. The van der Waals surface area contributed by atoms with Crippen molar-refractivity contribution < 1.29 is 24.2 Å². The molecular weight excluding hydrogens is 445 g/mol. The van der Waals surface area contributed by atoms with Crippen molar-refractivity contribution in [1.82, 2.24) is 4.90 Å². The average Bonchev–Trinajstić information content (AvgIpc) is 2.74. The van der Waals surface area contributed by atoms with Gasteiger partial charge in [-0.25, -0.2) is 0 Å². The molecule has 0 spiro atoms. The van der Waals surface area contributed by atoms with Crippen LogP contribution in [0.4, 0.5) is 11.4 Å². The van der Waals surface area contributed by atoms with Crippen molar-refractivity contribution in [3.05, 3.63) is 23.8 Å². The zero-order valence-corrected chi connectivity index (χ0v) is 18.3. The molecule has 0 unspecified atom stereocenters. The van der Waals surface area contributed by atoms with Gasteiger partial charge in [0.1, 0.15) is 17.6 Å². The molecule has 162 valence electrons. The molecule has 29 heavy (non-hydrogen) atoms. The van der Waals surface area contributed by atoms with E-state index in [1.54, 1.807) is 13.1 Å². The smallest absolute Gasteiger partial charge is 0.318 e. The number of benzene rings is 1. The predicted molar refractivity (Wildman–Crippen MR) is 114 cm³/mol. The first-order chi connectivity index (χ1) is 13.8. The van der Waals surface area contributed by atoms with E-state index in [4.69, 9.17) is 44.6 Å². The Hall–Kier alpha value is -1.58. The second kappa shape index (κ2) is 13.6. The highest BCUT2D eigenvalue weighted by atomic mass is 35.5. The van der Waals surface area contributed by atoms with Crippen LogP contribution in [-0.4, -0.2) is 78.8 Å². The number of halogens is 3. The summed E-state index contributed by atoms with van der Waals surface area (Å²) in [6.07, 6.45) is 0. The number of aliphatic carboxylic acids is 1. The number of carbonyl (C=O) groups excluding carboxylic acids is 2. The highest BCUT2D eigenvalue weighted by Gasteiger charge is 2.17. The Balaban J connectivity index is 0.000000749. The third-order valence-corrected chi connectivity index (χ3v) is 4.63. The van der Waals surface area contributed by atoms with Gasteiger partial charge in [0.05, 0.1) is 24.6 Å². The first kappa shape index (κ1) is 25.5. The molecule has 0 radical (unpaired) electrons. The molecule has 1 aliphatic heterocycles. The van der Waals surface area contributed by atoms with Gasteiger partial charge in [0, 0.05) is 26.7 Å². The second-order valence-electron chi connectivity index (χ2n) is 6.04. The van der Waals surface area contributed by atoms with Crippen molar-refractivity contribution in [3.8, 4) is 0 Å². The van der Waals surface area contributed by atoms with Gasteiger partial charge in [-0.1, -0.05) is 6.07 Å². The van der Waals surface area contributed by atoms with Gasteiger partial charge in [0.15, 0.2) is 0 Å². The number of morpholine rings is 1. The molecule has 0 aromatic heterocycles. The lowest BCUT2D eigenvalue weighted by atomic mass is 10.1. The van der Waals surface area contributed by atoms with Crippen molar-refractivity contribution in [2.45, 2.75) is 6.54 Å². The van der Waals surface area contributed by atoms with Crippen LogP contribution in [0.3, 0.4) is 0 Å². The van der Waals surface area contributed by atoms with Gasteiger partial charge >= 0.3 is 5.97 Å². The molecule has 1 heterocycles. The van der Waals surface area contributed by atoms with Gasteiger partial charge in [-0.15, -0.1) is 34.8 Å². The van der Waals surface area contributed by atoms with Gasteiger partial charge in [0.25, 0.3) is 0 Å². The minimum Gasteiger partial charge on any atom is -0.480 e. The second-order valence-corrected chi connectivity index (χ2v) is 6.84. The summed E-state index contributed by atoms with van der Waals surface area (Å²) in [5.74, 6) is -2.14. The van der Waals surface area contributed by atoms with E-state index in [2.05, 4.69) is 10.2 Å². The standard InChI is InChI=1S/C16H21Cl2N3O3.C2H3ClO2/c1-20(16(23)10-18)14-8-12(11-21-4-6-24-7-5-21)2-3-13(14)19-15(22)9-17;3-1-2(4)5/h2-3,8H,4-7,9-11H2,1H3,(H,19,22);1H2,(H,4,5). The van der Waals surface area contributed by atoms with Gasteiger partial charge < -0.3 is 20.1 Å². The van der Waals surface area contributed by atoms with E-state index < -0.39 is 5.97 Å². The topological polar surface area (TPSA) is 99.2 Å². The molecule has 0 bridgehead atoms. The number of carboxylic acids is 1. The lowest BCUT2D eigenvalue weighted by Gasteiger charge is -2.27. The van der Waals surface area contributed by atoms with Crippen LogP contribution in [-0.2, 0) is 25.7 Å². The molecule has 1 aromatic carbocycles. The number of ether oxygens (including phenoxy) is 1. The van der Waals surface area contributed by atoms with Crippen molar-refractivity contribution in [1.29, 1.82) is 0 Å². The van der Waals surface area contributed by atoms with Crippen LogP contribution in [0.15, 0.2) is 18.2 Å². The fraction of sp³-hybridized carbons (Fsp3) is 0.500. The van der Waals surface area contributed by atoms with Crippen molar-refractivity contribution >= 4 is 64.0 Å². The third-order valence-electron chi connectivity index (χ3n) is 3.93. The van der Waals surface area contributed by atoms with E-state index >= 15 is 0 Å². The van der Waals surface area contributed by atoms with E-state index in [1.807, 2.05) is 12.1 Å². The van der Waals surface area contributed by atoms with Crippen LogP contribution < -0.4 is 10.2 Å². The van der Waals surface area contributed by atoms with Crippen LogP contribution in [0.25, 0.3) is 0 Å². The van der Waals surface area contributed by atoms with E-state index in [-0.39, 0.29) is 29.5 Å². The molecule has 2 N–H and O–H groups in total. The first-order valence-electron chi connectivity index (χ1n) is 8.71. The van der Waals surface area contributed by atoms with E-state index in [1.165, 1.54) is 4.90 Å². The number of carbonyl (C=O) groups is 3. The zero-order valence-electron chi connectivity index (χ0n) is 16.0. The van der Waals surface area contributed by atoms with Gasteiger partial charge in [-0.05, 0) is 17.7 Å². The van der Waals surface area contributed by atoms with E-state index in [0.29, 0.717) is 11.4 Å². The highest BCUT2D eigenvalue weighted by molar-refractivity contribution is 6.30. The van der Waals surface area contributed by atoms with Crippen LogP contribution in [0.2, 0.25) is 0 Å². The van der Waals surface area contributed by atoms with Gasteiger partial charge in [-0.3, -0.25) is 19.3 Å².